The van der Waals surface area contributed by atoms with Crippen molar-refractivity contribution in [3.63, 3.8) is 0 Å². The molecule has 4 rings (SSSR count). The molecule has 0 aliphatic heterocycles. The van der Waals surface area contributed by atoms with Crippen LogP contribution in [0.15, 0.2) is 30.5 Å². The molecule has 1 aliphatic rings. The van der Waals surface area contributed by atoms with Crippen molar-refractivity contribution in [2.75, 3.05) is 11.9 Å². The van der Waals surface area contributed by atoms with E-state index in [0.717, 1.165) is 36.2 Å². The molecule has 1 aliphatic carbocycles. The van der Waals surface area contributed by atoms with Crippen LogP contribution >= 0.6 is 0 Å². The lowest BCUT2D eigenvalue weighted by Gasteiger charge is -2.09. The van der Waals surface area contributed by atoms with E-state index < -0.39 is 23.1 Å². The van der Waals surface area contributed by atoms with Crippen LogP contribution in [0, 0.1) is 11.6 Å². The smallest absolute Gasteiger partial charge is 0.261 e. The molecule has 7 nitrogen and oxygen atoms in total. The minimum Gasteiger partial charge on any atom is -0.392 e. The molecule has 9 heteroatoms. The largest absolute Gasteiger partial charge is 0.392 e. The third kappa shape index (κ3) is 3.02. The number of halogens is 2. The Kier molecular flexibility index (Phi) is 4.28. The number of nitrogens with one attached hydrogen (secondary N) is 3. The zero-order valence-electron chi connectivity index (χ0n) is 14.0. The average molecular weight is 371 g/mol. The molecule has 1 amide bonds. The number of anilines is 1. The van der Waals surface area contributed by atoms with Crippen molar-refractivity contribution in [3.05, 3.63) is 59.1 Å². The number of benzene rings is 1. The standard InChI is InChI=1S/C18H15F2N5O2/c19-10-4-2-5-11(20)14(10)18(27)23-13-7-21-25-16(13)17-22-12-6-1-3-9(8-26)15(12)24-17/h2-5,7,26H,1,6,8H2,(H,21,25)(H,22,24)(H,23,27). The van der Waals surface area contributed by atoms with Crippen molar-refractivity contribution in [1.29, 1.82) is 0 Å². The van der Waals surface area contributed by atoms with Gasteiger partial charge in [0, 0.05) is 11.3 Å². The minimum atomic E-state index is -0.955. The van der Waals surface area contributed by atoms with Gasteiger partial charge in [-0.1, -0.05) is 12.1 Å². The minimum absolute atomic E-state index is 0.129. The first-order chi connectivity index (χ1) is 13.1. The molecular weight excluding hydrogens is 356 g/mol. The first-order valence-electron chi connectivity index (χ1n) is 8.26. The van der Waals surface area contributed by atoms with Gasteiger partial charge in [0.2, 0.25) is 0 Å². The van der Waals surface area contributed by atoms with Gasteiger partial charge in [-0.05, 0) is 25.0 Å². The third-order valence-corrected chi connectivity index (χ3v) is 4.35. The summed E-state index contributed by atoms with van der Waals surface area (Å²) in [5.74, 6) is -2.43. The number of aliphatic hydroxyl groups excluding tert-OH is 1. The van der Waals surface area contributed by atoms with Crippen LogP contribution in [0.1, 0.15) is 28.2 Å². The predicted octanol–water partition coefficient (Wildman–Crippen LogP) is 2.65. The van der Waals surface area contributed by atoms with Gasteiger partial charge in [0.05, 0.1) is 24.2 Å². The van der Waals surface area contributed by atoms with Gasteiger partial charge < -0.3 is 15.4 Å². The van der Waals surface area contributed by atoms with Gasteiger partial charge in [0.1, 0.15) is 22.9 Å². The maximum atomic E-state index is 13.8. The molecule has 0 radical (unpaired) electrons. The molecule has 0 unspecified atom stereocenters. The van der Waals surface area contributed by atoms with Crippen molar-refractivity contribution in [2.45, 2.75) is 12.8 Å². The van der Waals surface area contributed by atoms with E-state index in [2.05, 4.69) is 25.5 Å². The number of rotatable bonds is 4. The number of hydrogen-bond acceptors (Lipinski definition) is 4. The molecule has 0 saturated carbocycles. The number of aromatic amines is 2. The van der Waals surface area contributed by atoms with Crippen LogP contribution in [-0.4, -0.2) is 37.8 Å². The Morgan fingerprint density at radius 1 is 1.30 bits per heavy atom. The van der Waals surface area contributed by atoms with Crippen molar-refractivity contribution in [2.24, 2.45) is 0 Å². The first kappa shape index (κ1) is 17.1. The van der Waals surface area contributed by atoms with Gasteiger partial charge in [0.15, 0.2) is 5.82 Å². The predicted molar refractivity (Wildman–Crippen MR) is 93.9 cm³/mol. The second-order valence-corrected chi connectivity index (χ2v) is 6.05. The molecule has 1 aromatic carbocycles. The summed E-state index contributed by atoms with van der Waals surface area (Å²) < 4.78 is 27.6. The summed E-state index contributed by atoms with van der Waals surface area (Å²) in [5, 5.41) is 18.5. The van der Waals surface area contributed by atoms with E-state index in [9.17, 15) is 18.7 Å². The summed E-state index contributed by atoms with van der Waals surface area (Å²) in [6.45, 7) is -0.129. The molecule has 0 bridgehead atoms. The van der Waals surface area contributed by atoms with Gasteiger partial charge in [-0.25, -0.2) is 13.8 Å². The summed E-state index contributed by atoms with van der Waals surface area (Å²) in [4.78, 5) is 19.9. The normalized spacial score (nSPS) is 13.2. The van der Waals surface area contributed by atoms with Gasteiger partial charge in [-0.3, -0.25) is 9.89 Å². The Hall–Kier alpha value is -3.33. The molecule has 27 heavy (non-hydrogen) atoms. The molecule has 2 aromatic heterocycles. The van der Waals surface area contributed by atoms with E-state index in [1.807, 2.05) is 6.08 Å². The van der Waals surface area contributed by atoms with Crippen LogP contribution in [0.2, 0.25) is 0 Å². The van der Waals surface area contributed by atoms with Gasteiger partial charge in [-0.15, -0.1) is 0 Å². The number of aryl methyl sites for hydroxylation is 1. The highest BCUT2D eigenvalue weighted by Gasteiger charge is 2.23. The molecule has 0 spiro atoms. The summed E-state index contributed by atoms with van der Waals surface area (Å²) in [5.41, 5.74) is 2.16. The van der Waals surface area contributed by atoms with Crippen LogP contribution in [0.25, 0.3) is 17.1 Å². The highest BCUT2D eigenvalue weighted by Crippen LogP contribution is 2.30. The highest BCUT2D eigenvalue weighted by atomic mass is 19.1. The fourth-order valence-electron chi connectivity index (χ4n) is 3.06. The van der Waals surface area contributed by atoms with E-state index in [1.165, 1.54) is 12.3 Å². The number of imidazole rings is 1. The molecule has 3 aromatic rings. The molecule has 0 saturated heterocycles. The Balaban J connectivity index is 1.66. The number of aromatic nitrogens is 4. The number of allylic oxidation sites excluding steroid dienone is 1. The second-order valence-electron chi connectivity index (χ2n) is 6.05. The Bertz CT molecular complexity index is 1030. The lowest BCUT2D eigenvalue weighted by Crippen LogP contribution is -2.16. The Morgan fingerprint density at radius 3 is 2.81 bits per heavy atom. The van der Waals surface area contributed by atoms with Crippen molar-refractivity contribution in [1.82, 2.24) is 20.2 Å². The summed E-state index contributed by atoms with van der Waals surface area (Å²) in [6.07, 6.45) is 4.77. The van der Waals surface area contributed by atoms with E-state index >= 15 is 0 Å². The monoisotopic (exact) mass is 371 g/mol. The maximum Gasteiger partial charge on any atom is 0.261 e. The zero-order chi connectivity index (χ0) is 19.0. The van der Waals surface area contributed by atoms with Gasteiger partial charge >= 0.3 is 0 Å². The fraction of sp³-hybridized carbons (Fsp3) is 0.167. The molecule has 138 valence electrons. The number of aliphatic hydroxyl groups is 1. The van der Waals surface area contributed by atoms with Crippen molar-refractivity contribution >= 4 is 17.2 Å². The number of fused-ring (bicyclic) bond motifs is 1. The van der Waals surface area contributed by atoms with E-state index in [4.69, 9.17) is 0 Å². The second kappa shape index (κ2) is 6.76. The van der Waals surface area contributed by atoms with Gasteiger partial charge in [0.25, 0.3) is 5.91 Å². The Labute approximate surface area is 152 Å². The number of carbonyl (C=O) groups is 1. The average Bonchev–Trinajstić information content (AvgIpc) is 3.27. The van der Waals surface area contributed by atoms with E-state index in [0.29, 0.717) is 17.2 Å². The summed E-state index contributed by atoms with van der Waals surface area (Å²) >= 11 is 0. The number of H-pyrrole nitrogens is 2. The third-order valence-electron chi connectivity index (χ3n) is 4.35. The van der Waals surface area contributed by atoms with E-state index in [-0.39, 0.29) is 12.3 Å². The number of amides is 1. The molecule has 0 fully saturated rings. The van der Waals surface area contributed by atoms with Crippen LogP contribution in [0.3, 0.4) is 0 Å². The Morgan fingerprint density at radius 2 is 2.07 bits per heavy atom. The topological polar surface area (TPSA) is 107 Å². The van der Waals surface area contributed by atoms with E-state index in [1.54, 1.807) is 0 Å². The molecule has 4 N–H and O–H groups in total. The molecule has 2 heterocycles. The highest BCUT2D eigenvalue weighted by molar-refractivity contribution is 6.06. The van der Waals surface area contributed by atoms with Crippen LogP contribution in [-0.2, 0) is 6.42 Å². The SMILES string of the molecule is O=C(Nc1cn[nH]c1-c1nc2c([nH]1)CCC=C2CO)c1c(F)cccc1F. The number of carbonyl (C=O) groups excluding carboxylic acids is 1. The first-order valence-corrected chi connectivity index (χ1v) is 8.26. The van der Waals surface area contributed by atoms with Gasteiger partial charge in [-0.2, -0.15) is 5.10 Å². The fourth-order valence-corrected chi connectivity index (χ4v) is 3.06. The lowest BCUT2D eigenvalue weighted by molar-refractivity contribution is 0.101. The summed E-state index contributed by atoms with van der Waals surface area (Å²) in [7, 11) is 0. The number of hydrogen-bond donors (Lipinski definition) is 4. The van der Waals surface area contributed by atoms with Crippen molar-refractivity contribution in [3.8, 4) is 11.5 Å². The quantitative estimate of drug-likeness (QED) is 0.566. The summed E-state index contributed by atoms with van der Waals surface area (Å²) in [6, 6.07) is 3.21. The lowest BCUT2D eigenvalue weighted by atomic mass is 10.0. The van der Waals surface area contributed by atoms with Crippen LogP contribution in [0.5, 0.6) is 0 Å². The van der Waals surface area contributed by atoms with Crippen LogP contribution < -0.4 is 5.32 Å². The number of nitrogens with zero attached hydrogens (tertiary/aromatic N) is 2. The molecular formula is C18H15F2N5O2. The molecule has 0 atom stereocenters. The zero-order valence-corrected chi connectivity index (χ0v) is 14.0. The van der Waals surface area contributed by atoms with Crippen LogP contribution in [0.4, 0.5) is 14.5 Å². The van der Waals surface area contributed by atoms with Crippen molar-refractivity contribution < 1.29 is 18.7 Å². The maximum absolute atomic E-state index is 13.8.